The Morgan fingerprint density at radius 3 is 2.52 bits per heavy atom. The average molecular weight is 313 g/mol. The molecule has 124 valence electrons. The van der Waals surface area contributed by atoms with E-state index in [0.717, 1.165) is 48.5 Å². The second kappa shape index (κ2) is 8.51. The molecule has 1 N–H and O–H groups in total. The molecule has 0 fully saturated rings. The summed E-state index contributed by atoms with van der Waals surface area (Å²) in [5.74, 6) is 0. The van der Waals surface area contributed by atoms with Crippen LogP contribution in [0, 0.1) is 0 Å². The fourth-order valence-electron chi connectivity index (χ4n) is 2.73. The zero-order valence-electron chi connectivity index (χ0n) is 14.4. The van der Waals surface area contributed by atoms with Crippen LogP contribution < -0.4 is 5.56 Å². The first-order chi connectivity index (χ1) is 11.2. The quantitative estimate of drug-likeness (QED) is 0.578. The molecule has 0 amide bonds. The van der Waals surface area contributed by atoms with Gasteiger partial charge in [-0.3, -0.25) is 14.9 Å². The summed E-state index contributed by atoms with van der Waals surface area (Å²) >= 11 is 0. The summed E-state index contributed by atoms with van der Waals surface area (Å²) in [6.07, 6.45) is 5.28. The van der Waals surface area contributed by atoms with Gasteiger partial charge in [0.2, 0.25) is 0 Å². The Kier molecular flexibility index (Phi) is 6.39. The predicted octanol–water partition coefficient (Wildman–Crippen LogP) is 4.12. The first-order valence-electron chi connectivity index (χ1n) is 8.59. The molecular formula is C19H27N3O. The first kappa shape index (κ1) is 17.3. The zero-order chi connectivity index (χ0) is 16.7. The molecule has 0 aliphatic rings. The number of rotatable bonds is 8. The van der Waals surface area contributed by atoms with Crippen LogP contribution in [0.1, 0.15) is 57.7 Å². The van der Waals surface area contributed by atoms with Crippen LogP contribution >= 0.6 is 0 Å². The van der Waals surface area contributed by atoms with Crippen LogP contribution in [0.4, 0.5) is 0 Å². The van der Waals surface area contributed by atoms with Gasteiger partial charge < -0.3 is 0 Å². The van der Waals surface area contributed by atoms with Gasteiger partial charge in [0.1, 0.15) is 0 Å². The van der Waals surface area contributed by atoms with Gasteiger partial charge >= 0.3 is 0 Å². The Hall–Kier alpha value is -2.10. The SMILES string of the molecule is CCCCCN=C(C)c1c(CCC)[nH]n(-c2ccccc2)c1=O. The number of aliphatic imine (C=N–C) groups is 1. The molecule has 23 heavy (non-hydrogen) atoms. The number of hydrogen-bond donors (Lipinski definition) is 1. The first-order valence-corrected chi connectivity index (χ1v) is 8.59. The number of aromatic amines is 1. The second-order valence-corrected chi connectivity index (χ2v) is 5.87. The van der Waals surface area contributed by atoms with Gasteiger partial charge in [-0.2, -0.15) is 0 Å². The Labute approximate surface area is 138 Å². The number of nitrogens with one attached hydrogen (secondary N) is 1. The molecule has 0 radical (unpaired) electrons. The summed E-state index contributed by atoms with van der Waals surface area (Å²) in [6, 6.07) is 9.70. The topological polar surface area (TPSA) is 50.1 Å². The minimum absolute atomic E-state index is 0.00334. The third-order valence-electron chi connectivity index (χ3n) is 3.95. The third-order valence-corrected chi connectivity index (χ3v) is 3.95. The summed E-state index contributed by atoms with van der Waals surface area (Å²) < 4.78 is 1.63. The minimum atomic E-state index is -0.00334. The van der Waals surface area contributed by atoms with Crippen molar-refractivity contribution in [3.8, 4) is 5.69 Å². The Bertz CT molecular complexity index is 695. The lowest BCUT2D eigenvalue weighted by atomic mass is 10.1. The van der Waals surface area contributed by atoms with Gasteiger partial charge in [0.25, 0.3) is 5.56 Å². The fourth-order valence-corrected chi connectivity index (χ4v) is 2.73. The second-order valence-electron chi connectivity index (χ2n) is 5.87. The van der Waals surface area contributed by atoms with Gasteiger partial charge in [0, 0.05) is 18.0 Å². The molecule has 0 atom stereocenters. The van der Waals surface area contributed by atoms with E-state index in [0.29, 0.717) is 0 Å². The van der Waals surface area contributed by atoms with Crippen molar-refractivity contribution in [3.05, 3.63) is 51.9 Å². The van der Waals surface area contributed by atoms with Crippen molar-refractivity contribution >= 4 is 5.71 Å². The molecule has 2 rings (SSSR count). The molecule has 0 unspecified atom stereocenters. The number of aromatic nitrogens is 2. The molecule has 4 heteroatoms. The summed E-state index contributed by atoms with van der Waals surface area (Å²) in [4.78, 5) is 17.5. The van der Waals surface area contributed by atoms with Crippen LogP contribution in [-0.2, 0) is 6.42 Å². The smallest absolute Gasteiger partial charge is 0.280 e. The zero-order valence-corrected chi connectivity index (χ0v) is 14.4. The van der Waals surface area contributed by atoms with Crippen molar-refractivity contribution < 1.29 is 0 Å². The molecule has 1 heterocycles. The molecule has 0 aliphatic heterocycles. The summed E-state index contributed by atoms with van der Waals surface area (Å²) in [5.41, 5.74) is 3.43. The lowest BCUT2D eigenvalue weighted by molar-refractivity contribution is 0.728. The maximum Gasteiger partial charge on any atom is 0.280 e. The van der Waals surface area contributed by atoms with Crippen LogP contribution in [0.15, 0.2) is 40.1 Å². The normalized spacial score (nSPS) is 11.9. The molecule has 0 saturated heterocycles. The molecule has 4 nitrogen and oxygen atoms in total. The van der Waals surface area contributed by atoms with Gasteiger partial charge in [-0.25, -0.2) is 4.68 Å². The van der Waals surface area contributed by atoms with E-state index in [1.165, 1.54) is 12.8 Å². The maximum atomic E-state index is 12.8. The average Bonchev–Trinajstić information content (AvgIpc) is 2.89. The summed E-state index contributed by atoms with van der Waals surface area (Å²) in [6.45, 7) is 7.04. The minimum Gasteiger partial charge on any atom is -0.294 e. The number of para-hydroxylation sites is 1. The van der Waals surface area contributed by atoms with Crippen molar-refractivity contribution in [1.29, 1.82) is 0 Å². The van der Waals surface area contributed by atoms with E-state index >= 15 is 0 Å². The van der Waals surface area contributed by atoms with Crippen LogP contribution in [0.25, 0.3) is 5.69 Å². The van der Waals surface area contributed by atoms with E-state index in [2.05, 4.69) is 23.9 Å². The van der Waals surface area contributed by atoms with Crippen LogP contribution in [0.3, 0.4) is 0 Å². The molecule has 0 bridgehead atoms. The largest absolute Gasteiger partial charge is 0.294 e. The van der Waals surface area contributed by atoms with Gasteiger partial charge in [0.15, 0.2) is 0 Å². The van der Waals surface area contributed by atoms with Gasteiger partial charge in [-0.15, -0.1) is 0 Å². The number of nitrogens with zero attached hydrogens (tertiary/aromatic N) is 2. The van der Waals surface area contributed by atoms with Crippen LogP contribution in [-0.4, -0.2) is 22.0 Å². The lowest BCUT2D eigenvalue weighted by Gasteiger charge is -2.01. The molecule has 0 spiro atoms. The third kappa shape index (κ3) is 4.21. The highest BCUT2D eigenvalue weighted by Gasteiger charge is 2.16. The number of H-pyrrole nitrogens is 1. The Balaban J connectivity index is 2.38. The van der Waals surface area contributed by atoms with Crippen molar-refractivity contribution in [3.63, 3.8) is 0 Å². The van der Waals surface area contributed by atoms with Gasteiger partial charge in [-0.05, 0) is 31.9 Å². The van der Waals surface area contributed by atoms with Crippen LogP contribution in [0.2, 0.25) is 0 Å². The lowest BCUT2D eigenvalue weighted by Crippen LogP contribution is -2.20. The molecule has 0 aliphatic carbocycles. The van der Waals surface area contributed by atoms with Crippen molar-refractivity contribution in [2.75, 3.05) is 6.54 Å². The van der Waals surface area contributed by atoms with E-state index < -0.39 is 0 Å². The Morgan fingerprint density at radius 2 is 1.87 bits per heavy atom. The number of aryl methyl sites for hydroxylation is 1. The van der Waals surface area contributed by atoms with E-state index in [1.54, 1.807) is 4.68 Å². The highest BCUT2D eigenvalue weighted by Crippen LogP contribution is 2.11. The molecule has 0 saturated carbocycles. The number of benzene rings is 1. The maximum absolute atomic E-state index is 12.8. The predicted molar refractivity (Wildman–Crippen MR) is 97.0 cm³/mol. The van der Waals surface area contributed by atoms with Gasteiger partial charge in [-0.1, -0.05) is 51.3 Å². The van der Waals surface area contributed by atoms with Crippen molar-refractivity contribution in [1.82, 2.24) is 9.78 Å². The summed E-state index contributed by atoms with van der Waals surface area (Å²) in [5, 5.41) is 3.27. The van der Waals surface area contributed by atoms with Crippen molar-refractivity contribution in [2.24, 2.45) is 4.99 Å². The fraction of sp³-hybridized carbons (Fsp3) is 0.474. The van der Waals surface area contributed by atoms with Crippen molar-refractivity contribution in [2.45, 2.75) is 52.9 Å². The van der Waals surface area contributed by atoms with E-state index in [9.17, 15) is 4.79 Å². The van der Waals surface area contributed by atoms with E-state index in [-0.39, 0.29) is 5.56 Å². The molecule has 1 aromatic heterocycles. The molecule has 1 aromatic carbocycles. The molecule has 2 aromatic rings. The highest BCUT2D eigenvalue weighted by molar-refractivity contribution is 5.99. The number of unbranched alkanes of at least 4 members (excludes halogenated alkanes) is 2. The van der Waals surface area contributed by atoms with E-state index in [4.69, 9.17) is 0 Å². The standard InChI is InChI=1S/C19H27N3O/c1-4-6-10-14-20-15(3)18-17(11-5-2)21-22(19(18)23)16-12-8-7-9-13-16/h7-9,12-13,21H,4-6,10-11,14H2,1-3H3. The monoisotopic (exact) mass is 313 g/mol. The highest BCUT2D eigenvalue weighted by atomic mass is 16.1. The van der Waals surface area contributed by atoms with E-state index in [1.807, 2.05) is 37.3 Å². The van der Waals surface area contributed by atoms with Crippen LogP contribution in [0.5, 0.6) is 0 Å². The number of hydrogen-bond acceptors (Lipinski definition) is 2. The van der Waals surface area contributed by atoms with Gasteiger partial charge in [0.05, 0.1) is 11.3 Å². The Morgan fingerprint density at radius 1 is 1.13 bits per heavy atom. The molecular weight excluding hydrogens is 286 g/mol. The summed E-state index contributed by atoms with van der Waals surface area (Å²) in [7, 11) is 0.